The lowest BCUT2D eigenvalue weighted by Gasteiger charge is -2.20. The van der Waals surface area contributed by atoms with E-state index in [4.69, 9.17) is 0 Å². The third kappa shape index (κ3) is 3.58. The van der Waals surface area contributed by atoms with E-state index in [9.17, 15) is 13.2 Å². The molecule has 0 amide bonds. The Morgan fingerprint density at radius 1 is 0.966 bits per heavy atom. The van der Waals surface area contributed by atoms with E-state index >= 15 is 0 Å². The highest BCUT2D eigenvalue weighted by Crippen LogP contribution is 2.42. The number of benzene rings is 3. The minimum absolute atomic E-state index is 0.0755. The highest BCUT2D eigenvalue weighted by atomic mass is 32.2. The number of nitrogens with zero attached hydrogens (tertiary/aromatic N) is 1. The number of carbonyl (C=O) groups is 1. The number of carbonyl (C=O) groups excluding carboxylic acids is 1. The molecule has 0 spiro atoms. The minimum atomic E-state index is -3.71. The largest absolute Gasteiger partial charge is 0.298 e. The van der Waals surface area contributed by atoms with Crippen LogP contribution in [0, 0.1) is 13.8 Å². The molecule has 0 aliphatic carbocycles. The summed E-state index contributed by atoms with van der Waals surface area (Å²) >= 11 is 0. The molecule has 1 heterocycles. The van der Waals surface area contributed by atoms with Crippen LogP contribution in [-0.4, -0.2) is 21.2 Å². The number of aldehydes is 1. The molecule has 29 heavy (non-hydrogen) atoms. The normalized spacial score (nSPS) is 15.9. The fourth-order valence-corrected chi connectivity index (χ4v) is 5.61. The molecular formula is C24H23NO3S. The molecule has 0 radical (unpaired) electrons. The zero-order valence-electron chi connectivity index (χ0n) is 16.5. The molecule has 4 nitrogen and oxygen atoms in total. The van der Waals surface area contributed by atoms with Crippen molar-refractivity contribution in [2.24, 2.45) is 0 Å². The monoisotopic (exact) mass is 405 g/mol. The molecule has 1 atom stereocenters. The second kappa shape index (κ2) is 7.48. The Balaban J connectivity index is 1.78. The standard InChI is InChI=1S/C24H23NO3S/c1-17-9-11-22(12-10-17)29(27,28)25-15-21(14-19-6-3-5-18(2)13-19)24-20(16-26)7-4-8-23(24)25/h3-13,16,21H,14-15H2,1-2H3/t21-/m0/s1. The van der Waals surface area contributed by atoms with Crippen LogP contribution in [0.25, 0.3) is 0 Å². The van der Waals surface area contributed by atoms with Crippen LogP contribution in [0.1, 0.15) is 38.5 Å². The van der Waals surface area contributed by atoms with Crippen molar-refractivity contribution in [1.29, 1.82) is 0 Å². The van der Waals surface area contributed by atoms with Gasteiger partial charge in [0, 0.05) is 18.0 Å². The molecule has 148 valence electrons. The summed E-state index contributed by atoms with van der Waals surface area (Å²) in [5.74, 6) is -0.0755. The number of hydrogen-bond donors (Lipinski definition) is 0. The maximum absolute atomic E-state index is 13.4. The van der Waals surface area contributed by atoms with Gasteiger partial charge in [0.25, 0.3) is 10.0 Å². The molecule has 0 fully saturated rings. The third-order valence-corrected chi connectivity index (χ3v) is 7.27. The lowest BCUT2D eigenvalue weighted by molar-refractivity contribution is 0.112. The predicted octanol–water partition coefficient (Wildman–Crippen LogP) is 4.65. The van der Waals surface area contributed by atoms with Crippen molar-refractivity contribution in [3.05, 3.63) is 94.5 Å². The Labute approximate surface area is 171 Å². The Morgan fingerprint density at radius 2 is 1.69 bits per heavy atom. The highest BCUT2D eigenvalue weighted by molar-refractivity contribution is 7.92. The SMILES string of the molecule is Cc1ccc(S(=O)(=O)N2C[C@H](Cc3cccc(C)c3)c3c(C=O)cccc32)cc1. The Bertz CT molecular complexity index is 1170. The zero-order valence-corrected chi connectivity index (χ0v) is 17.3. The van der Waals surface area contributed by atoms with Crippen LogP contribution < -0.4 is 4.31 Å². The lowest BCUT2D eigenvalue weighted by atomic mass is 9.90. The highest BCUT2D eigenvalue weighted by Gasteiger charge is 2.37. The zero-order chi connectivity index (χ0) is 20.6. The van der Waals surface area contributed by atoms with E-state index in [1.54, 1.807) is 42.5 Å². The number of sulfonamides is 1. The second-order valence-electron chi connectivity index (χ2n) is 7.64. The van der Waals surface area contributed by atoms with Gasteiger partial charge in [0.05, 0.1) is 10.6 Å². The van der Waals surface area contributed by atoms with Crippen molar-refractivity contribution in [3.63, 3.8) is 0 Å². The summed E-state index contributed by atoms with van der Waals surface area (Å²) in [5.41, 5.74) is 5.28. The molecule has 4 rings (SSSR count). The van der Waals surface area contributed by atoms with Crippen molar-refractivity contribution in [2.75, 3.05) is 10.8 Å². The van der Waals surface area contributed by atoms with Gasteiger partial charge in [-0.2, -0.15) is 0 Å². The Morgan fingerprint density at radius 3 is 2.38 bits per heavy atom. The minimum Gasteiger partial charge on any atom is -0.298 e. The first-order valence-corrected chi connectivity index (χ1v) is 11.1. The van der Waals surface area contributed by atoms with E-state index in [2.05, 4.69) is 6.07 Å². The summed E-state index contributed by atoms with van der Waals surface area (Å²) in [5, 5.41) is 0. The van der Waals surface area contributed by atoms with Crippen molar-refractivity contribution in [2.45, 2.75) is 31.1 Å². The summed E-state index contributed by atoms with van der Waals surface area (Å²) in [6.45, 7) is 4.29. The third-order valence-electron chi connectivity index (χ3n) is 5.48. The van der Waals surface area contributed by atoms with Crippen LogP contribution in [0.2, 0.25) is 0 Å². The smallest absolute Gasteiger partial charge is 0.264 e. The Kier molecular flexibility index (Phi) is 5.01. The molecule has 0 N–H and O–H groups in total. The topological polar surface area (TPSA) is 54.5 Å². The van der Waals surface area contributed by atoms with Crippen LogP contribution in [0.15, 0.2) is 71.6 Å². The Hall–Kier alpha value is -2.92. The molecule has 0 aromatic heterocycles. The maximum atomic E-state index is 13.4. The molecule has 3 aromatic carbocycles. The quantitative estimate of drug-likeness (QED) is 0.581. The first-order chi connectivity index (χ1) is 13.9. The van der Waals surface area contributed by atoms with Gasteiger partial charge in [-0.1, -0.05) is 59.7 Å². The summed E-state index contributed by atoms with van der Waals surface area (Å²) < 4.78 is 28.3. The van der Waals surface area contributed by atoms with Gasteiger partial charge in [-0.05, 0) is 49.6 Å². The van der Waals surface area contributed by atoms with Crippen molar-refractivity contribution >= 4 is 22.0 Å². The maximum Gasteiger partial charge on any atom is 0.264 e. The van der Waals surface area contributed by atoms with Crippen molar-refractivity contribution < 1.29 is 13.2 Å². The number of aryl methyl sites for hydroxylation is 2. The molecule has 1 aliphatic heterocycles. The van der Waals surface area contributed by atoms with Crippen LogP contribution in [0.5, 0.6) is 0 Å². The molecule has 3 aromatic rings. The molecule has 5 heteroatoms. The summed E-state index contributed by atoms with van der Waals surface area (Å²) in [6.07, 6.45) is 1.50. The number of fused-ring (bicyclic) bond motifs is 1. The predicted molar refractivity (Wildman–Crippen MR) is 115 cm³/mol. The lowest BCUT2D eigenvalue weighted by Crippen LogP contribution is -2.30. The van der Waals surface area contributed by atoms with Gasteiger partial charge in [-0.25, -0.2) is 8.42 Å². The number of anilines is 1. The van der Waals surface area contributed by atoms with Crippen LogP contribution >= 0.6 is 0 Å². The van der Waals surface area contributed by atoms with Gasteiger partial charge in [0.15, 0.2) is 0 Å². The van der Waals surface area contributed by atoms with Crippen LogP contribution in [0.4, 0.5) is 5.69 Å². The summed E-state index contributed by atoms with van der Waals surface area (Å²) in [7, 11) is -3.71. The molecule has 1 aliphatic rings. The number of hydrogen-bond acceptors (Lipinski definition) is 3. The molecule has 0 bridgehead atoms. The van der Waals surface area contributed by atoms with E-state index in [-0.39, 0.29) is 10.8 Å². The fraction of sp³-hybridized carbons (Fsp3) is 0.208. The van der Waals surface area contributed by atoms with Gasteiger partial charge in [-0.3, -0.25) is 9.10 Å². The van der Waals surface area contributed by atoms with Gasteiger partial charge in [0.1, 0.15) is 6.29 Å². The average Bonchev–Trinajstić information content (AvgIpc) is 3.08. The van der Waals surface area contributed by atoms with Gasteiger partial charge < -0.3 is 0 Å². The van der Waals surface area contributed by atoms with Crippen molar-refractivity contribution in [3.8, 4) is 0 Å². The van der Waals surface area contributed by atoms with Gasteiger partial charge in [-0.15, -0.1) is 0 Å². The molecule has 0 saturated carbocycles. The van der Waals surface area contributed by atoms with Crippen LogP contribution in [0.3, 0.4) is 0 Å². The number of rotatable bonds is 5. The van der Waals surface area contributed by atoms with E-state index in [0.29, 0.717) is 24.2 Å². The summed E-state index contributed by atoms with van der Waals surface area (Å²) in [6, 6.07) is 20.4. The average molecular weight is 406 g/mol. The van der Waals surface area contributed by atoms with Crippen molar-refractivity contribution in [1.82, 2.24) is 0 Å². The second-order valence-corrected chi connectivity index (χ2v) is 9.50. The first kappa shape index (κ1) is 19.4. The first-order valence-electron chi connectivity index (χ1n) is 9.63. The molecular weight excluding hydrogens is 382 g/mol. The fourth-order valence-electron chi connectivity index (χ4n) is 4.08. The van der Waals surface area contributed by atoms with E-state index in [1.807, 2.05) is 32.0 Å². The van der Waals surface area contributed by atoms with Gasteiger partial charge in [0.2, 0.25) is 0 Å². The van der Waals surface area contributed by atoms with Crippen LogP contribution in [-0.2, 0) is 16.4 Å². The van der Waals surface area contributed by atoms with E-state index in [1.165, 1.54) is 4.31 Å². The van der Waals surface area contributed by atoms with E-state index < -0.39 is 10.0 Å². The molecule has 0 saturated heterocycles. The summed E-state index contributed by atoms with van der Waals surface area (Å²) in [4.78, 5) is 12.0. The molecule has 0 unspecified atom stereocenters. The van der Waals surface area contributed by atoms with E-state index in [0.717, 1.165) is 28.5 Å². The van der Waals surface area contributed by atoms with Gasteiger partial charge >= 0.3 is 0 Å².